The fourth-order valence-electron chi connectivity index (χ4n) is 4.99. The number of fused-ring (bicyclic) bond motifs is 1. The van der Waals surface area contributed by atoms with Gasteiger partial charge >= 0.3 is 5.97 Å². The quantitative estimate of drug-likeness (QED) is 0.411. The van der Waals surface area contributed by atoms with E-state index in [4.69, 9.17) is 4.74 Å². The number of halogens is 1. The summed E-state index contributed by atoms with van der Waals surface area (Å²) >= 11 is 1.91. The summed E-state index contributed by atoms with van der Waals surface area (Å²) in [5, 5.41) is 31.1. The first-order chi connectivity index (χ1) is 15.4. The summed E-state index contributed by atoms with van der Waals surface area (Å²) in [5.41, 5.74) is 0. The minimum atomic E-state index is -0.833. The molecular formula is C25H35FO5S. The first-order valence-corrected chi connectivity index (χ1v) is 12.6. The van der Waals surface area contributed by atoms with Crippen LogP contribution < -0.4 is 4.74 Å². The zero-order valence-electron chi connectivity index (χ0n) is 18.6. The van der Waals surface area contributed by atoms with Crippen LogP contribution in [0.3, 0.4) is 0 Å². The summed E-state index contributed by atoms with van der Waals surface area (Å²) in [5.74, 6) is -0.582. The number of hydrogen-bond acceptors (Lipinski definition) is 5. The third-order valence-electron chi connectivity index (χ3n) is 6.68. The number of carboxylic acids is 1. The molecule has 7 heteroatoms. The Kier molecular flexibility index (Phi) is 9.44. The van der Waals surface area contributed by atoms with Gasteiger partial charge < -0.3 is 20.1 Å². The lowest BCUT2D eigenvalue weighted by Crippen LogP contribution is -2.27. The maximum atomic E-state index is 13.2. The van der Waals surface area contributed by atoms with Crippen molar-refractivity contribution in [2.45, 2.75) is 74.6 Å². The van der Waals surface area contributed by atoms with E-state index in [0.717, 1.165) is 44.9 Å². The molecule has 0 amide bonds. The fraction of sp³-hybridized carbons (Fsp3) is 0.640. The molecule has 178 valence electrons. The average molecular weight is 467 g/mol. The summed E-state index contributed by atoms with van der Waals surface area (Å²) in [6, 6.07) is 5.81. The van der Waals surface area contributed by atoms with E-state index in [1.54, 1.807) is 18.2 Å². The van der Waals surface area contributed by atoms with Crippen molar-refractivity contribution in [2.24, 2.45) is 17.8 Å². The maximum absolute atomic E-state index is 13.2. The molecule has 0 radical (unpaired) electrons. The monoisotopic (exact) mass is 466 g/mol. The molecule has 1 aliphatic carbocycles. The Morgan fingerprint density at radius 1 is 1.34 bits per heavy atom. The first-order valence-electron chi connectivity index (χ1n) is 11.7. The SMILES string of the molecule is CCCC(CC[C@H]1CC[C@@H]2[C@@H](C=C[C@@H](O)COc3cccc(F)c3)[C@H](O)C[C@@H]2S1)C(=O)O. The van der Waals surface area contributed by atoms with Gasteiger partial charge in [0.1, 0.15) is 24.3 Å². The predicted octanol–water partition coefficient (Wildman–Crippen LogP) is 4.66. The molecule has 0 aromatic heterocycles. The zero-order valence-corrected chi connectivity index (χ0v) is 19.4. The summed E-state index contributed by atoms with van der Waals surface area (Å²) in [4.78, 5) is 11.4. The lowest BCUT2D eigenvalue weighted by molar-refractivity contribution is -0.142. The van der Waals surface area contributed by atoms with Crippen LogP contribution >= 0.6 is 11.8 Å². The van der Waals surface area contributed by atoms with Crippen LogP contribution in [0.5, 0.6) is 5.75 Å². The van der Waals surface area contributed by atoms with Gasteiger partial charge in [-0.1, -0.05) is 31.6 Å². The second-order valence-corrected chi connectivity index (χ2v) is 10.6. The number of rotatable bonds is 11. The van der Waals surface area contributed by atoms with Gasteiger partial charge in [-0.05, 0) is 56.6 Å². The second kappa shape index (κ2) is 12.1. The van der Waals surface area contributed by atoms with Crippen LogP contribution in [0.1, 0.15) is 51.9 Å². The molecule has 5 nitrogen and oxygen atoms in total. The molecule has 0 spiro atoms. The molecule has 0 bridgehead atoms. The van der Waals surface area contributed by atoms with Crippen molar-refractivity contribution < 1.29 is 29.2 Å². The van der Waals surface area contributed by atoms with Crippen molar-refractivity contribution in [2.75, 3.05) is 6.61 Å². The standard InChI is InChI=1S/C25H35FO5S/c1-2-4-16(25(29)30)7-9-20-10-12-22-21(23(28)14-24(22)32-20)11-8-18(27)15-31-19-6-3-5-17(26)13-19/h3,5-6,8,11,13,16,18,20-24,27-28H,2,4,7,9-10,12,14-15H2,1H3,(H,29,30)/t16?,18-,20+,21-,22-,23-,24+/m1/s1. The topological polar surface area (TPSA) is 87.0 Å². The Morgan fingerprint density at radius 3 is 2.88 bits per heavy atom. The normalized spacial score (nSPS) is 29.6. The molecule has 1 heterocycles. The lowest BCUT2D eigenvalue weighted by atomic mass is 9.87. The van der Waals surface area contributed by atoms with E-state index in [1.165, 1.54) is 12.1 Å². The number of aliphatic carboxylic acids is 1. The predicted molar refractivity (Wildman–Crippen MR) is 124 cm³/mol. The van der Waals surface area contributed by atoms with Crippen LogP contribution in [0.4, 0.5) is 4.39 Å². The molecule has 1 saturated carbocycles. The minimum absolute atomic E-state index is 0.00382. The van der Waals surface area contributed by atoms with Crippen molar-refractivity contribution in [3.8, 4) is 5.75 Å². The summed E-state index contributed by atoms with van der Waals surface area (Å²) in [6.45, 7) is 2.05. The van der Waals surface area contributed by atoms with Crippen LogP contribution in [0.15, 0.2) is 36.4 Å². The van der Waals surface area contributed by atoms with Gasteiger partial charge in [-0.2, -0.15) is 11.8 Å². The van der Waals surface area contributed by atoms with E-state index in [9.17, 15) is 24.5 Å². The Bertz CT molecular complexity index is 772. The molecule has 2 aliphatic rings. The largest absolute Gasteiger partial charge is 0.490 e. The Labute approximate surface area is 194 Å². The molecule has 2 fully saturated rings. The van der Waals surface area contributed by atoms with Crippen LogP contribution in [0.25, 0.3) is 0 Å². The number of ether oxygens (including phenoxy) is 1. The van der Waals surface area contributed by atoms with Crippen molar-refractivity contribution in [3.63, 3.8) is 0 Å². The molecule has 3 rings (SSSR count). The summed E-state index contributed by atoms with van der Waals surface area (Å²) in [7, 11) is 0. The average Bonchev–Trinajstić information content (AvgIpc) is 3.07. The van der Waals surface area contributed by atoms with Gasteiger partial charge in [-0.25, -0.2) is 4.39 Å². The molecule has 1 saturated heterocycles. The highest BCUT2D eigenvalue weighted by Crippen LogP contribution is 2.50. The van der Waals surface area contributed by atoms with E-state index >= 15 is 0 Å². The lowest BCUT2D eigenvalue weighted by Gasteiger charge is -2.33. The van der Waals surface area contributed by atoms with Gasteiger partial charge in [-0.3, -0.25) is 4.79 Å². The molecule has 1 unspecified atom stereocenters. The second-order valence-electron chi connectivity index (χ2n) is 9.04. The molecule has 7 atom stereocenters. The third kappa shape index (κ3) is 6.96. The van der Waals surface area contributed by atoms with E-state index < -0.39 is 18.2 Å². The first kappa shape index (κ1) is 25.1. The number of benzene rings is 1. The van der Waals surface area contributed by atoms with Crippen LogP contribution in [0, 0.1) is 23.6 Å². The molecule has 3 N–H and O–H groups in total. The Balaban J connectivity index is 1.47. The van der Waals surface area contributed by atoms with E-state index in [2.05, 4.69) is 0 Å². The van der Waals surface area contributed by atoms with Crippen molar-refractivity contribution in [1.82, 2.24) is 0 Å². The van der Waals surface area contributed by atoms with E-state index in [1.807, 2.05) is 24.8 Å². The number of aliphatic hydroxyl groups excluding tert-OH is 2. The minimum Gasteiger partial charge on any atom is -0.490 e. The number of hydrogen-bond donors (Lipinski definition) is 3. The molecular weight excluding hydrogens is 431 g/mol. The van der Waals surface area contributed by atoms with Gasteiger partial charge in [0, 0.05) is 22.5 Å². The molecule has 1 aromatic rings. The van der Waals surface area contributed by atoms with Gasteiger partial charge in [-0.15, -0.1) is 0 Å². The van der Waals surface area contributed by atoms with Gasteiger partial charge in [0.25, 0.3) is 0 Å². The Morgan fingerprint density at radius 2 is 2.16 bits per heavy atom. The number of aliphatic hydroxyl groups is 2. The van der Waals surface area contributed by atoms with Crippen molar-refractivity contribution in [1.29, 1.82) is 0 Å². The zero-order chi connectivity index (χ0) is 23.1. The van der Waals surface area contributed by atoms with Gasteiger partial charge in [0.15, 0.2) is 0 Å². The van der Waals surface area contributed by atoms with E-state index in [0.29, 0.717) is 22.2 Å². The molecule has 32 heavy (non-hydrogen) atoms. The molecule has 1 aliphatic heterocycles. The summed E-state index contributed by atoms with van der Waals surface area (Å²) in [6.07, 6.45) is 8.35. The highest BCUT2D eigenvalue weighted by molar-refractivity contribution is 8.00. The van der Waals surface area contributed by atoms with E-state index in [-0.39, 0.29) is 24.3 Å². The number of carboxylic acid groups (broad SMARTS) is 1. The smallest absolute Gasteiger partial charge is 0.306 e. The van der Waals surface area contributed by atoms with Crippen LogP contribution in [-0.2, 0) is 4.79 Å². The maximum Gasteiger partial charge on any atom is 0.306 e. The van der Waals surface area contributed by atoms with Crippen LogP contribution in [-0.4, -0.2) is 50.6 Å². The molecule has 1 aromatic carbocycles. The van der Waals surface area contributed by atoms with Gasteiger partial charge in [0.05, 0.1) is 12.0 Å². The van der Waals surface area contributed by atoms with Gasteiger partial charge in [0.2, 0.25) is 0 Å². The number of thioether (sulfide) groups is 1. The third-order valence-corrected chi connectivity index (χ3v) is 8.42. The Hall–Kier alpha value is -1.57. The van der Waals surface area contributed by atoms with Crippen molar-refractivity contribution in [3.05, 3.63) is 42.2 Å². The van der Waals surface area contributed by atoms with Crippen molar-refractivity contribution >= 4 is 17.7 Å². The highest BCUT2D eigenvalue weighted by Gasteiger charge is 2.44. The summed E-state index contributed by atoms with van der Waals surface area (Å²) < 4.78 is 18.7. The fourth-order valence-corrected chi connectivity index (χ4v) is 6.86. The number of carbonyl (C=O) groups is 1. The van der Waals surface area contributed by atoms with Crippen LogP contribution in [0.2, 0.25) is 0 Å². The highest BCUT2D eigenvalue weighted by atomic mass is 32.2.